The molecule has 0 spiro atoms. The first-order valence-electron chi connectivity index (χ1n) is 35.4. The number of carbonyl (C=O) groups is 2. The van der Waals surface area contributed by atoms with Gasteiger partial charge in [-0.25, -0.2) is 0 Å². The third-order valence-corrected chi connectivity index (χ3v) is 16.3. The van der Waals surface area contributed by atoms with Crippen LogP contribution in [0.3, 0.4) is 0 Å². The van der Waals surface area contributed by atoms with E-state index in [1.807, 2.05) is 6.08 Å². The van der Waals surface area contributed by atoms with Gasteiger partial charge in [0.1, 0.15) is 0 Å². The Morgan fingerprint density at radius 3 is 0.975 bits per heavy atom. The van der Waals surface area contributed by atoms with Crippen molar-refractivity contribution >= 4 is 11.9 Å². The van der Waals surface area contributed by atoms with Crippen LogP contribution in [0.5, 0.6) is 0 Å². The number of nitrogens with one attached hydrogen (secondary N) is 1. The summed E-state index contributed by atoms with van der Waals surface area (Å²) in [5.41, 5.74) is 0. The predicted octanol–water partition coefficient (Wildman–Crippen LogP) is 22.9. The summed E-state index contributed by atoms with van der Waals surface area (Å²) in [5, 5.41) is 23.1. The first-order chi connectivity index (χ1) is 39.0. The smallest absolute Gasteiger partial charge is 0.305 e. The van der Waals surface area contributed by atoms with Gasteiger partial charge in [-0.15, -0.1) is 0 Å². The molecule has 79 heavy (non-hydrogen) atoms. The van der Waals surface area contributed by atoms with Crippen LogP contribution in [0, 0.1) is 0 Å². The second-order valence-electron chi connectivity index (χ2n) is 24.2. The number of unbranched alkanes of at least 4 members (excludes halogenated alkanes) is 49. The number of hydrogen-bond donors (Lipinski definition) is 3. The number of rotatable bonds is 66. The molecule has 0 heterocycles. The van der Waals surface area contributed by atoms with E-state index in [4.69, 9.17) is 4.74 Å². The van der Waals surface area contributed by atoms with E-state index in [1.54, 1.807) is 6.08 Å². The van der Waals surface area contributed by atoms with Crippen molar-refractivity contribution in [2.75, 3.05) is 13.2 Å². The van der Waals surface area contributed by atoms with Crippen molar-refractivity contribution in [3.63, 3.8) is 0 Å². The van der Waals surface area contributed by atoms with Gasteiger partial charge in [-0.05, 0) is 89.9 Å². The van der Waals surface area contributed by atoms with Gasteiger partial charge >= 0.3 is 5.97 Å². The van der Waals surface area contributed by atoms with E-state index in [0.717, 1.165) is 51.4 Å². The highest BCUT2D eigenvalue weighted by atomic mass is 16.5. The zero-order valence-corrected chi connectivity index (χ0v) is 53.1. The molecule has 464 valence electrons. The molecule has 0 aliphatic heterocycles. The minimum Gasteiger partial charge on any atom is -0.466 e. The van der Waals surface area contributed by atoms with Crippen molar-refractivity contribution in [2.24, 2.45) is 0 Å². The lowest BCUT2D eigenvalue weighted by Crippen LogP contribution is -2.45. The van der Waals surface area contributed by atoms with Gasteiger partial charge in [0, 0.05) is 12.8 Å². The second-order valence-corrected chi connectivity index (χ2v) is 24.2. The van der Waals surface area contributed by atoms with Gasteiger partial charge in [-0.3, -0.25) is 9.59 Å². The molecule has 0 saturated heterocycles. The van der Waals surface area contributed by atoms with E-state index in [1.165, 1.54) is 302 Å². The number of allylic oxidation sites excluding steroid dienone is 7. The summed E-state index contributed by atoms with van der Waals surface area (Å²) in [4.78, 5) is 24.5. The highest BCUT2D eigenvalue weighted by molar-refractivity contribution is 5.76. The zero-order chi connectivity index (χ0) is 57.1. The normalized spacial score (nSPS) is 12.8. The molecule has 2 atom stereocenters. The zero-order valence-electron chi connectivity index (χ0n) is 53.1. The number of aliphatic hydroxyl groups is 2. The average molecular weight is 1110 g/mol. The van der Waals surface area contributed by atoms with Crippen molar-refractivity contribution in [3.8, 4) is 0 Å². The SMILES string of the molecule is CCCCCCCCC/C=C\CCCCCCCC(=O)OCCCCCCCCCCC/C=C\C/C=C\CCCCCCCCCCCCCCCCCCCC(=O)NC(CO)C(O)/C=C/CCCCCCCCCCCCC. The van der Waals surface area contributed by atoms with E-state index < -0.39 is 12.1 Å². The van der Waals surface area contributed by atoms with Gasteiger partial charge in [0.2, 0.25) is 5.91 Å². The summed E-state index contributed by atoms with van der Waals surface area (Å²) >= 11 is 0. The molecule has 0 aromatic rings. The van der Waals surface area contributed by atoms with Crippen LogP contribution in [-0.2, 0) is 14.3 Å². The molecule has 0 aromatic carbocycles. The van der Waals surface area contributed by atoms with E-state index >= 15 is 0 Å². The molecular weight excluding hydrogens is 971 g/mol. The van der Waals surface area contributed by atoms with Crippen LogP contribution in [0.1, 0.15) is 380 Å². The number of hydrogen-bond acceptors (Lipinski definition) is 5. The number of ether oxygens (including phenoxy) is 1. The number of esters is 1. The van der Waals surface area contributed by atoms with Gasteiger partial charge in [-0.1, -0.05) is 326 Å². The topological polar surface area (TPSA) is 95.9 Å². The standard InChI is InChI=1S/C73H137NO5/c1-3-5-7-9-11-13-15-17-18-39-43-47-51-55-59-63-67-73(78)79-68-64-60-56-52-48-44-40-37-35-33-31-29-27-25-23-21-19-20-22-24-26-28-30-32-34-36-38-42-46-50-54-58-62-66-72(77)74-70(69-75)71(76)65-61-57-53-49-45-41-16-14-12-10-8-6-4-2/h18,23,25,29,31,39,61,65,70-71,75-76H,3-17,19-22,24,26-28,30,32-38,40-60,62-64,66-69H2,1-2H3,(H,74,77)/b25-23-,31-29-,39-18-,65-61+. The molecule has 0 saturated carbocycles. The molecule has 6 heteroatoms. The van der Waals surface area contributed by atoms with Gasteiger partial charge in [0.05, 0.1) is 25.4 Å². The molecule has 0 aromatic heterocycles. The Bertz CT molecular complexity index is 1320. The van der Waals surface area contributed by atoms with Crippen molar-refractivity contribution in [1.82, 2.24) is 5.32 Å². The second kappa shape index (κ2) is 68.3. The molecule has 0 radical (unpaired) electrons. The van der Waals surface area contributed by atoms with Crippen LogP contribution in [0.15, 0.2) is 48.6 Å². The Kier molecular flexibility index (Phi) is 66.4. The van der Waals surface area contributed by atoms with Crippen molar-refractivity contribution in [3.05, 3.63) is 48.6 Å². The molecule has 6 nitrogen and oxygen atoms in total. The van der Waals surface area contributed by atoms with Crippen LogP contribution in [0.25, 0.3) is 0 Å². The summed E-state index contributed by atoms with van der Waals surface area (Å²) in [6, 6.07) is -0.626. The minimum absolute atomic E-state index is 0.00661. The molecule has 2 unspecified atom stereocenters. The number of amides is 1. The maximum atomic E-state index is 12.5. The molecule has 0 aliphatic rings. The first-order valence-corrected chi connectivity index (χ1v) is 35.4. The fourth-order valence-electron chi connectivity index (χ4n) is 10.9. The Hall–Kier alpha value is -2.18. The van der Waals surface area contributed by atoms with Crippen molar-refractivity contribution in [1.29, 1.82) is 0 Å². The maximum Gasteiger partial charge on any atom is 0.305 e. The monoisotopic (exact) mass is 1110 g/mol. The minimum atomic E-state index is -0.843. The van der Waals surface area contributed by atoms with E-state index in [0.29, 0.717) is 19.4 Å². The van der Waals surface area contributed by atoms with Gasteiger partial charge in [0.25, 0.3) is 0 Å². The van der Waals surface area contributed by atoms with Crippen molar-refractivity contribution < 1.29 is 24.5 Å². The molecular formula is C73H137NO5. The van der Waals surface area contributed by atoms with Crippen LogP contribution < -0.4 is 5.32 Å². The van der Waals surface area contributed by atoms with Gasteiger partial charge < -0.3 is 20.3 Å². The molecule has 0 fully saturated rings. The van der Waals surface area contributed by atoms with Crippen LogP contribution in [0.2, 0.25) is 0 Å². The quantitative estimate of drug-likeness (QED) is 0.0320. The third kappa shape index (κ3) is 64.8. The fourth-order valence-corrected chi connectivity index (χ4v) is 10.9. The van der Waals surface area contributed by atoms with Crippen molar-refractivity contribution in [2.45, 2.75) is 392 Å². The average Bonchev–Trinajstić information content (AvgIpc) is 3.45. The lowest BCUT2D eigenvalue weighted by molar-refractivity contribution is -0.143. The Balaban J connectivity index is 3.38. The third-order valence-electron chi connectivity index (χ3n) is 16.3. The van der Waals surface area contributed by atoms with E-state index in [-0.39, 0.29) is 18.5 Å². The summed E-state index contributed by atoms with van der Waals surface area (Å²) in [5.74, 6) is -0.0587. The van der Waals surface area contributed by atoms with Crippen LogP contribution >= 0.6 is 0 Å². The Labute approximate surface area is 493 Å². The van der Waals surface area contributed by atoms with E-state index in [9.17, 15) is 19.8 Å². The highest BCUT2D eigenvalue weighted by Crippen LogP contribution is 2.18. The van der Waals surface area contributed by atoms with E-state index in [2.05, 4.69) is 55.6 Å². The number of carbonyl (C=O) groups excluding carboxylic acids is 2. The van der Waals surface area contributed by atoms with Crippen LogP contribution in [0.4, 0.5) is 0 Å². The molecule has 0 aliphatic carbocycles. The fraction of sp³-hybridized carbons (Fsp3) is 0.863. The molecule has 0 rings (SSSR count). The first kappa shape index (κ1) is 76.8. The molecule has 0 bridgehead atoms. The summed E-state index contributed by atoms with van der Waals surface area (Å²) < 4.78 is 5.49. The Morgan fingerprint density at radius 1 is 0.354 bits per heavy atom. The lowest BCUT2D eigenvalue weighted by atomic mass is 10.0. The summed E-state index contributed by atoms with van der Waals surface area (Å²) in [6.07, 6.45) is 89.1. The predicted molar refractivity (Wildman–Crippen MR) is 347 cm³/mol. The van der Waals surface area contributed by atoms with Gasteiger partial charge in [0.15, 0.2) is 0 Å². The largest absolute Gasteiger partial charge is 0.466 e. The van der Waals surface area contributed by atoms with Crippen LogP contribution in [-0.4, -0.2) is 47.4 Å². The molecule has 1 amide bonds. The highest BCUT2D eigenvalue weighted by Gasteiger charge is 2.18. The summed E-state index contributed by atoms with van der Waals surface area (Å²) in [7, 11) is 0. The lowest BCUT2D eigenvalue weighted by Gasteiger charge is -2.20. The number of aliphatic hydroxyl groups excluding tert-OH is 2. The van der Waals surface area contributed by atoms with Gasteiger partial charge in [-0.2, -0.15) is 0 Å². The molecule has 3 N–H and O–H groups in total. The summed E-state index contributed by atoms with van der Waals surface area (Å²) in [6.45, 7) is 4.91. The Morgan fingerprint density at radius 2 is 0.633 bits per heavy atom. The maximum absolute atomic E-state index is 12.5.